The van der Waals surface area contributed by atoms with Crippen molar-refractivity contribution in [1.82, 2.24) is 5.32 Å². The Bertz CT molecular complexity index is 351. The molecule has 0 aromatic carbocycles. The van der Waals surface area contributed by atoms with E-state index in [9.17, 15) is 0 Å². The van der Waals surface area contributed by atoms with E-state index >= 15 is 0 Å². The van der Waals surface area contributed by atoms with Gasteiger partial charge in [-0.3, -0.25) is 0 Å². The van der Waals surface area contributed by atoms with Crippen LogP contribution in [0.2, 0.25) is 0 Å². The van der Waals surface area contributed by atoms with Crippen molar-refractivity contribution in [3.8, 4) is 0 Å². The second kappa shape index (κ2) is 7.17. The highest BCUT2D eigenvalue weighted by molar-refractivity contribution is 9.11. The van der Waals surface area contributed by atoms with E-state index in [0.29, 0.717) is 6.04 Å². The number of rotatable bonds is 6. The molecule has 1 heterocycles. The molecule has 0 fully saturated rings. The van der Waals surface area contributed by atoms with Gasteiger partial charge in [0.1, 0.15) is 0 Å². The molecular weight excluding hydrogens is 314 g/mol. The highest BCUT2D eigenvalue weighted by Gasteiger charge is 2.21. The third kappa shape index (κ3) is 3.98. The summed E-state index contributed by atoms with van der Waals surface area (Å²) in [6.45, 7) is 1.16. The monoisotopic (exact) mass is 333 g/mol. The molecule has 1 aliphatic carbocycles. The molecule has 1 aliphatic rings. The molecule has 2 rings (SSSR count). The second-order valence-corrected chi connectivity index (χ2v) is 8.03. The summed E-state index contributed by atoms with van der Waals surface area (Å²) in [6.07, 6.45) is 8.74. The van der Waals surface area contributed by atoms with Crippen LogP contribution < -0.4 is 5.32 Å². The van der Waals surface area contributed by atoms with Crippen LogP contribution in [0.25, 0.3) is 0 Å². The first kappa shape index (κ1) is 13.9. The smallest absolute Gasteiger partial charge is 0.0704 e. The first-order valence-electron chi connectivity index (χ1n) is 6.31. The molecule has 1 nitrogen and oxygen atoms in total. The minimum absolute atomic E-state index is 0.607. The molecule has 1 unspecified atom stereocenters. The van der Waals surface area contributed by atoms with Crippen LogP contribution in [0.1, 0.15) is 42.2 Å². The van der Waals surface area contributed by atoms with Gasteiger partial charge in [0.15, 0.2) is 0 Å². The second-order valence-electron chi connectivity index (χ2n) is 4.53. The largest absolute Gasteiger partial charge is 0.310 e. The topological polar surface area (TPSA) is 12.0 Å². The van der Waals surface area contributed by atoms with Crippen molar-refractivity contribution in [1.29, 1.82) is 0 Å². The molecule has 1 aromatic rings. The van der Waals surface area contributed by atoms with Gasteiger partial charge < -0.3 is 5.32 Å². The first-order chi connectivity index (χ1) is 8.31. The van der Waals surface area contributed by atoms with Gasteiger partial charge in [0, 0.05) is 10.9 Å². The molecule has 1 aromatic heterocycles. The van der Waals surface area contributed by atoms with E-state index in [-0.39, 0.29) is 0 Å². The van der Waals surface area contributed by atoms with Crippen LogP contribution in [0.4, 0.5) is 0 Å². The summed E-state index contributed by atoms with van der Waals surface area (Å²) >= 11 is 7.47. The number of halogens is 1. The lowest BCUT2D eigenvalue weighted by Gasteiger charge is -2.23. The number of hydrogen-bond donors (Lipinski definition) is 1. The number of nitrogens with one attached hydrogen (secondary N) is 1. The summed E-state index contributed by atoms with van der Waals surface area (Å²) in [4.78, 5) is 1.59. The van der Waals surface area contributed by atoms with E-state index in [1.807, 2.05) is 23.1 Å². The Morgan fingerprint density at radius 1 is 1.53 bits per heavy atom. The minimum atomic E-state index is 0.607. The zero-order valence-corrected chi connectivity index (χ0v) is 13.5. The molecular formula is C13H20BrNS2. The first-order valence-corrected chi connectivity index (χ1v) is 9.32. The Labute approximate surface area is 121 Å². The van der Waals surface area contributed by atoms with E-state index in [2.05, 4.69) is 33.6 Å². The highest BCUT2D eigenvalue weighted by atomic mass is 79.9. The lowest BCUT2D eigenvalue weighted by atomic mass is 9.94. The lowest BCUT2D eigenvalue weighted by Crippen LogP contribution is -2.25. The van der Waals surface area contributed by atoms with E-state index in [0.717, 1.165) is 6.54 Å². The maximum absolute atomic E-state index is 3.73. The van der Waals surface area contributed by atoms with Gasteiger partial charge in [-0.05, 0) is 78.2 Å². The molecule has 1 N–H and O–H groups in total. The Balaban J connectivity index is 1.82. The molecule has 1 atom stereocenters. The van der Waals surface area contributed by atoms with Gasteiger partial charge in [-0.2, -0.15) is 11.8 Å². The third-order valence-electron chi connectivity index (χ3n) is 3.25. The number of fused-ring (bicyclic) bond motifs is 1. The van der Waals surface area contributed by atoms with Crippen LogP contribution in [0.5, 0.6) is 0 Å². The van der Waals surface area contributed by atoms with Crippen molar-refractivity contribution in [3.63, 3.8) is 0 Å². The van der Waals surface area contributed by atoms with E-state index in [4.69, 9.17) is 0 Å². The minimum Gasteiger partial charge on any atom is -0.310 e. The van der Waals surface area contributed by atoms with Crippen LogP contribution in [-0.4, -0.2) is 18.6 Å². The van der Waals surface area contributed by atoms with Crippen molar-refractivity contribution >= 4 is 39.0 Å². The predicted octanol–water partition coefficient (Wildman–Crippen LogP) is 4.62. The molecule has 0 spiro atoms. The van der Waals surface area contributed by atoms with Gasteiger partial charge >= 0.3 is 0 Å². The number of hydrogen-bond acceptors (Lipinski definition) is 3. The molecule has 17 heavy (non-hydrogen) atoms. The van der Waals surface area contributed by atoms with Gasteiger partial charge in [0.25, 0.3) is 0 Å². The predicted molar refractivity (Wildman–Crippen MR) is 83.3 cm³/mol. The van der Waals surface area contributed by atoms with E-state index in [1.54, 1.807) is 10.4 Å². The average Bonchev–Trinajstić information content (AvgIpc) is 2.70. The highest BCUT2D eigenvalue weighted by Crippen LogP contribution is 2.37. The summed E-state index contributed by atoms with van der Waals surface area (Å²) < 4.78 is 1.29. The number of thioether (sulfide) groups is 1. The summed E-state index contributed by atoms with van der Waals surface area (Å²) in [5, 5.41) is 3.73. The van der Waals surface area contributed by atoms with Crippen LogP contribution in [0.15, 0.2) is 9.85 Å². The molecule has 0 saturated carbocycles. The summed E-state index contributed by atoms with van der Waals surface area (Å²) in [7, 11) is 0. The third-order valence-corrected chi connectivity index (χ3v) is 5.66. The van der Waals surface area contributed by atoms with E-state index in [1.165, 1.54) is 41.6 Å². The zero-order chi connectivity index (χ0) is 12.1. The van der Waals surface area contributed by atoms with Crippen LogP contribution in [0, 0.1) is 0 Å². The molecule has 0 amide bonds. The van der Waals surface area contributed by atoms with Crippen molar-refractivity contribution in [2.24, 2.45) is 0 Å². The molecule has 0 aliphatic heterocycles. The maximum atomic E-state index is 3.73. The Morgan fingerprint density at radius 2 is 2.41 bits per heavy atom. The SMILES string of the molecule is CSCCCCNC1CCCc2sc(Br)cc21. The fourth-order valence-corrected chi connectivity index (χ4v) is 4.69. The average molecular weight is 334 g/mol. The normalized spacial score (nSPS) is 19.3. The fourth-order valence-electron chi connectivity index (χ4n) is 2.38. The van der Waals surface area contributed by atoms with Crippen LogP contribution in [-0.2, 0) is 6.42 Å². The molecule has 0 radical (unpaired) electrons. The van der Waals surface area contributed by atoms with Crippen molar-refractivity contribution in [3.05, 3.63) is 20.3 Å². The van der Waals surface area contributed by atoms with Gasteiger partial charge in [0.05, 0.1) is 3.79 Å². The Morgan fingerprint density at radius 3 is 3.24 bits per heavy atom. The van der Waals surface area contributed by atoms with Crippen molar-refractivity contribution < 1.29 is 0 Å². The number of thiophene rings is 1. The number of aryl methyl sites for hydroxylation is 1. The lowest BCUT2D eigenvalue weighted by molar-refractivity contribution is 0.458. The van der Waals surface area contributed by atoms with Crippen LogP contribution in [0.3, 0.4) is 0 Å². The Hall–Kier alpha value is 0.490. The quantitative estimate of drug-likeness (QED) is 0.762. The van der Waals surface area contributed by atoms with Gasteiger partial charge in [-0.1, -0.05) is 0 Å². The van der Waals surface area contributed by atoms with Crippen molar-refractivity contribution in [2.45, 2.75) is 38.1 Å². The van der Waals surface area contributed by atoms with Crippen LogP contribution >= 0.6 is 39.0 Å². The molecule has 4 heteroatoms. The zero-order valence-electron chi connectivity index (χ0n) is 10.3. The summed E-state index contributed by atoms with van der Waals surface area (Å²) in [6, 6.07) is 2.93. The van der Waals surface area contributed by atoms with Crippen molar-refractivity contribution in [2.75, 3.05) is 18.6 Å². The van der Waals surface area contributed by atoms with Gasteiger partial charge in [0.2, 0.25) is 0 Å². The summed E-state index contributed by atoms with van der Waals surface area (Å²) in [5.41, 5.74) is 1.55. The van der Waals surface area contributed by atoms with Gasteiger partial charge in [-0.15, -0.1) is 11.3 Å². The van der Waals surface area contributed by atoms with Gasteiger partial charge in [-0.25, -0.2) is 0 Å². The Kier molecular flexibility index (Phi) is 5.87. The number of unbranched alkanes of at least 4 members (excludes halogenated alkanes) is 1. The summed E-state index contributed by atoms with van der Waals surface area (Å²) in [5.74, 6) is 1.29. The molecule has 0 bridgehead atoms. The molecule has 0 saturated heterocycles. The fraction of sp³-hybridized carbons (Fsp3) is 0.692. The maximum Gasteiger partial charge on any atom is 0.0704 e. The standard InChI is InChI=1S/C13H20BrNS2/c1-16-8-3-2-7-15-11-5-4-6-12-10(11)9-13(14)17-12/h9,11,15H,2-8H2,1H3. The van der Waals surface area contributed by atoms with E-state index < -0.39 is 0 Å². The molecule has 96 valence electrons.